The van der Waals surface area contributed by atoms with Gasteiger partial charge in [-0.2, -0.15) is 0 Å². The zero-order valence-corrected chi connectivity index (χ0v) is 13.4. The number of hydrogen-bond donors (Lipinski definition) is 4. The van der Waals surface area contributed by atoms with E-state index in [-0.39, 0.29) is 0 Å². The molecule has 0 spiro atoms. The Hall–Kier alpha value is -0.240. The third-order valence-electron chi connectivity index (χ3n) is 3.38. The summed E-state index contributed by atoms with van der Waals surface area (Å²) in [6.07, 6.45) is 2.40. The molecule has 0 aromatic rings. The van der Waals surface area contributed by atoms with Crippen molar-refractivity contribution in [3.05, 3.63) is 0 Å². The minimum atomic E-state index is 0.967. The molecular weight excluding hydrogens is 252 g/mol. The van der Waals surface area contributed by atoms with Crippen LogP contribution >= 0.6 is 0 Å². The molecule has 0 aromatic carbocycles. The fourth-order valence-corrected chi connectivity index (χ4v) is 2.36. The first-order valence-electron chi connectivity index (χ1n) is 8.14. The second-order valence-corrected chi connectivity index (χ2v) is 5.42. The molecule has 1 saturated heterocycles. The van der Waals surface area contributed by atoms with Gasteiger partial charge < -0.3 is 21.3 Å². The maximum absolute atomic E-state index is 3.51. The Bertz CT molecular complexity index is 176. The molecule has 0 saturated carbocycles. The van der Waals surface area contributed by atoms with Gasteiger partial charge in [0.25, 0.3) is 0 Å². The second-order valence-electron chi connectivity index (χ2n) is 5.42. The minimum Gasteiger partial charge on any atom is -0.303 e. The van der Waals surface area contributed by atoms with Crippen molar-refractivity contribution >= 4 is 0 Å². The lowest BCUT2D eigenvalue weighted by Gasteiger charge is -2.25. The lowest BCUT2D eigenvalue weighted by Crippen LogP contribution is -2.47. The van der Waals surface area contributed by atoms with Crippen molar-refractivity contribution in [3.63, 3.8) is 0 Å². The number of nitrogens with one attached hydrogen (secondary N) is 4. The van der Waals surface area contributed by atoms with E-state index in [0.29, 0.717) is 0 Å². The van der Waals surface area contributed by atoms with E-state index in [1.807, 2.05) is 0 Å². The second kappa shape index (κ2) is 12.5. The molecule has 1 rings (SSSR count). The SMILES string of the molecule is CCCN1CNCCNCN(CCC)CNCCNC1. The summed E-state index contributed by atoms with van der Waals surface area (Å²) in [5.74, 6) is 0. The van der Waals surface area contributed by atoms with Crippen LogP contribution in [0.5, 0.6) is 0 Å². The molecular formula is C14H34N6. The maximum Gasteiger partial charge on any atom is 0.0492 e. The van der Waals surface area contributed by atoms with Crippen LogP contribution in [0.4, 0.5) is 0 Å². The van der Waals surface area contributed by atoms with Gasteiger partial charge >= 0.3 is 0 Å². The fourth-order valence-electron chi connectivity index (χ4n) is 2.36. The zero-order chi connectivity index (χ0) is 14.5. The van der Waals surface area contributed by atoms with E-state index in [4.69, 9.17) is 0 Å². The summed E-state index contributed by atoms with van der Waals surface area (Å²) in [4.78, 5) is 4.85. The molecule has 0 atom stereocenters. The van der Waals surface area contributed by atoms with Gasteiger partial charge in [0.15, 0.2) is 0 Å². The molecule has 1 aliphatic rings. The van der Waals surface area contributed by atoms with Crippen LogP contribution in [0.25, 0.3) is 0 Å². The molecule has 0 unspecified atom stereocenters. The van der Waals surface area contributed by atoms with Gasteiger partial charge in [0.1, 0.15) is 0 Å². The lowest BCUT2D eigenvalue weighted by atomic mass is 10.4. The van der Waals surface area contributed by atoms with Crippen LogP contribution in [0.3, 0.4) is 0 Å². The molecule has 6 nitrogen and oxygen atoms in total. The van der Waals surface area contributed by atoms with E-state index in [2.05, 4.69) is 44.9 Å². The van der Waals surface area contributed by atoms with Crippen molar-refractivity contribution in [1.82, 2.24) is 31.1 Å². The molecule has 1 fully saturated rings. The van der Waals surface area contributed by atoms with Crippen LogP contribution in [0.1, 0.15) is 26.7 Å². The molecule has 1 heterocycles. The van der Waals surface area contributed by atoms with Gasteiger partial charge in [0, 0.05) is 65.9 Å². The molecule has 0 aromatic heterocycles. The van der Waals surface area contributed by atoms with Crippen molar-refractivity contribution in [2.45, 2.75) is 26.7 Å². The van der Waals surface area contributed by atoms with E-state index in [1.165, 1.54) is 12.8 Å². The Balaban J connectivity index is 2.29. The highest BCUT2D eigenvalue weighted by Crippen LogP contribution is 1.89. The van der Waals surface area contributed by atoms with Gasteiger partial charge in [0.2, 0.25) is 0 Å². The monoisotopic (exact) mass is 286 g/mol. The summed E-state index contributed by atoms with van der Waals surface area (Å²) < 4.78 is 0. The first-order valence-corrected chi connectivity index (χ1v) is 8.14. The number of hydrogen-bond acceptors (Lipinski definition) is 6. The largest absolute Gasteiger partial charge is 0.303 e. The van der Waals surface area contributed by atoms with Crippen molar-refractivity contribution < 1.29 is 0 Å². The minimum absolute atomic E-state index is 0.967. The summed E-state index contributed by atoms with van der Waals surface area (Å²) in [6, 6.07) is 0. The smallest absolute Gasteiger partial charge is 0.0492 e. The normalized spacial score (nSPS) is 22.5. The van der Waals surface area contributed by atoms with Crippen molar-refractivity contribution in [1.29, 1.82) is 0 Å². The summed E-state index contributed by atoms with van der Waals surface area (Å²) in [5.41, 5.74) is 0. The fraction of sp³-hybridized carbons (Fsp3) is 1.00. The van der Waals surface area contributed by atoms with Crippen molar-refractivity contribution in [2.24, 2.45) is 0 Å². The van der Waals surface area contributed by atoms with E-state index in [1.54, 1.807) is 0 Å². The van der Waals surface area contributed by atoms with E-state index in [9.17, 15) is 0 Å². The average Bonchev–Trinajstić information content (AvgIpc) is 2.45. The standard InChI is InChI=1S/C14H34N6/c1-3-9-19-11-15-5-7-17-13-20(10-4-2)14-18-8-6-16-12-19/h15-18H,3-14H2,1-2H3. The van der Waals surface area contributed by atoms with Gasteiger partial charge in [0.05, 0.1) is 0 Å². The van der Waals surface area contributed by atoms with Crippen molar-refractivity contribution in [3.8, 4) is 0 Å². The van der Waals surface area contributed by atoms with Gasteiger partial charge in [-0.1, -0.05) is 13.8 Å². The molecule has 0 aliphatic carbocycles. The van der Waals surface area contributed by atoms with Crippen molar-refractivity contribution in [2.75, 3.05) is 65.9 Å². The van der Waals surface area contributed by atoms with Crippen LogP contribution in [-0.4, -0.2) is 75.7 Å². The Morgan fingerprint density at radius 1 is 0.600 bits per heavy atom. The molecule has 0 amide bonds. The Morgan fingerprint density at radius 3 is 1.15 bits per heavy atom. The van der Waals surface area contributed by atoms with Gasteiger partial charge in [-0.05, 0) is 12.8 Å². The first kappa shape index (κ1) is 17.8. The zero-order valence-electron chi connectivity index (χ0n) is 13.4. The third-order valence-corrected chi connectivity index (χ3v) is 3.38. The van der Waals surface area contributed by atoms with Crippen LogP contribution in [0, 0.1) is 0 Å². The molecule has 20 heavy (non-hydrogen) atoms. The maximum atomic E-state index is 3.51. The number of rotatable bonds is 4. The summed E-state index contributed by atoms with van der Waals surface area (Å²) in [6.45, 7) is 14.7. The Kier molecular flexibility index (Phi) is 11.1. The van der Waals surface area contributed by atoms with E-state index < -0.39 is 0 Å². The van der Waals surface area contributed by atoms with Crippen LogP contribution in [0.15, 0.2) is 0 Å². The van der Waals surface area contributed by atoms with E-state index in [0.717, 1.165) is 65.9 Å². The number of nitrogens with zero attached hydrogens (tertiary/aromatic N) is 2. The van der Waals surface area contributed by atoms with Gasteiger partial charge in [-0.3, -0.25) is 9.80 Å². The molecule has 1 aliphatic heterocycles. The third kappa shape index (κ3) is 8.84. The molecule has 0 radical (unpaired) electrons. The molecule has 0 bridgehead atoms. The van der Waals surface area contributed by atoms with Gasteiger partial charge in [-0.15, -0.1) is 0 Å². The Labute approximate surface area is 124 Å². The van der Waals surface area contributed by atoms with Crippen LogP contribution < -0.4 is 21.3 Å². The summed E-state index contributed by atoms with van der Waals surface area (Å²) in [7, 11) is 0. The summed E-state index contributed by atoms with van der Waals surface area (Å²) >= 11 is 0. The highest BCUT2D eigenvalue weighted by molar-refractivity contribution is 4.61. The predicted octanol–water partition coefficient (Wildman–Crippen LogP) is -0.388. The lowest BCUT2D eigenvalue weighted by molar-refractivity contribution is 0.214. The van der Waals surface area contributed by atoms with Crippen LogP contribution in [-0.2, 0) is 0 Å². The molecule has 6 heteroatoms. The Morgan fingerprint density at radius 2 is 0.900 bits per heavy atom. The van der Waals surface area contributed by atoms with Gasteiger partial charge in [-0.25, -0.2) is 0 Å². The average molecular weight is 286 g/mol. The highest BCUT2D eigenvalue weighted by atomic mass is 15.3. The van der Waals surface area contributed by atoms with E-state index >= 15 is 0 Å². The van der Waals surface area contributed by atoms with Crippen LogP contribution in [0.2, 0.25) is 0 Å². The quantitative estimate of drug-likeness (QED) is 0.565. The highest BCUT2D eigenvalue weighted by Gasteiger charge is 2.05. The summed E-state index contributed by atoms with van der Waals surface area (Å²) in [5, 5.41) is 14.0. The predicted molar refractivity (Wildman–Crippen MR) is 85.5 cm³/mol. The first-order chi connectivity index (χ1) is 9.86. The topological polar surface area (TPSA) is 54.6 Å². The molecule has 120 valence electrons. The molecule has 4 N–H and O–H groups in total.